The number of nitrogens with one attached hydrogen (secondary N) is 1. The van der Waals surface area contributed by atoms with E-state index in [1.54, 1.807) is 12.1 Å². The second kappa shape index (κ2) is 8.46. The molecule has 8 heteroatoms. The summed E-state index contributed by atoms with van der Waals surface area (Å²) >= 11 is 0. The molecule has 1 aliphatic heterocycles. The fourth-order valence-electron chi connectivity index (χ4n) is 2.43. The van der Waals surface area contributed by atoms with Crippen molar-refractivity contribution < 1.29 is 22.7 Å². The summed E-state index contributed by atoms with van der Waals surface area (Å²) in [6, 6.07) is 6.14. The van der Waals surface area contributed by atoms with Crippen LogP contribution in [0.25, 0.3) is 0 Å². The molecule has 0 aromatic heterocycles. The van der Waals surface area contributed by atoms with Crippen LogP contribution in [0.2, 0.25) is 0 Å². The molecule has 0 spiro atoms. The highest BCUT2D eigenvalue weighted by molar-refractivity contribution is 7.89. The third-order valence-corrected chi connectivity index (χ3v) is 5.58. The van der Waals surface area contributed by atoms with Crippen LogP contribution in [0.4, 0.5) is 0 Å². The predicted octanol–water partition coefficient (Wildman–Crippen LogP) is 1.00. The maximum atomic E-state index is 12.5. The Kier molecular flexibility index (Phi) is 6.59. The first-order valence-electron chi connectivity index (χ1n) is 8.01. The van der Waals surface area contributed by atoms with E-state index in [0.29, 0.717) is 25.5 Å². The topological polar surface area (TPSA) is 84.9 Å². The van der Waals surface area contributed by atoms with Gasteiger partial charge in [0.05, 0.1) is 24.2 Å². The van der Waals surface area contributed by atoms with Crippen molar-refractivity contribution in [3.05, 3.63) is 24.3 Å². The van der Waals surface area contributed by atoms with Crippen molar-refractivity contribution in [2.24, 2.45) is 0 Å². The molecular weight excluding hydrogens is 332 g/mol. The third kappa shape index (κ3) is 4.93. The SMILES string of the molecule is CCOc1ccc(S(=O)(=O)N(C)CC(=O)NC[C@H]2CCCO2)cc1. The molecular formula is C16H24N2O5S. The smallest absolute Gasteiger partial charge is 0.243 e. The molecule has 7 nitrogen and oxygen atoms in total. The van der Waals surface area contributed by atoms with Gasteiger partial charge in [-0.25, -0.2) is 8.42 Å². The van der Waals surface area contributed by atoms with Crippen molar-refractivity contribution in [3.63, 3.8) is 0 Å². The Bertz CT molecular complexity index is 639. The van der Waals surface area contributed by atoms with Gasteiger partial charge >= 0.3 is 0 Å². The zero-order valence-electron chi connectivity index (χ0n) is 14.0. The molecule has 1 aromatic carbocycles. The van der Waals surface area contributed by atoms with Gasteiger partial charge in [0.15, 0.2) is 0 Å². The summed E-state index contributed by atoms with van der Waals surface area (Å²) < 4.78 is 36.7. The summed E-state index contributed by atoms with van der Waals surface area (Å²) in [5, 5.41) is 2.71. The number of ether oxygens (including phenoxy) is 2. The molecule has 0 bridgehead atoms. The van der Waals surface area contributed by atoms with Crippen molar-refractivity contribution in [2.45, 2.75) is 30.8 Å². The quantitative estimate of drug-likeness (QED) is 0.751. The average Bonchev–Trinajstić information content (AvgIpc) is 3.07. The molecule has 0 unspecified atom stereocenters. The maximum absolute atomic E-state index is 12.5. The van der Waals surface area contributed by atoms with Crippen LogP contribution in [0.5, 0.6) is 5.75 Å². The van der Waals surface area contributed by atoms with E-state index in [2.05, 4.69) is 5.32 Å². The van der Waals surface area contributed by atoms with Crippen molar-refractivity contribution in [1.29, 1.82) is 0 Å². The second-order valence-electron chi connectivity index (χ2n) is 5.60. The standard InChI is InChI=1S/C16H24N2O5S/c1-3-22-13-6-8-15(9-7-13)24(20,21)18(2)12-16(19)17-11-14-5-4-10-23-14/h6-9,14H,3-5,10-12H2,1-2H3,(H,17,19)/t14-/m1/s1. The molecule has 1 N–H and O–H groups in total. The minimum Gasteiger partial charge on any atom is -0.494 e. The van der Waals surface area contributed by atoms with Gasteiger partial charge in [0.2, 0.25) is 15.9 Å². The molecule has 0 radical (unpaired) electrons. The molecule has 1 heterocycles. The van der Waals surface area contributed by atoms with Gasteiger partial charge in [-0.15, -0.1) is 0 Å². The van der Waals surface area contributed by atoms with Crippen LogP contribution in [-0.2, 0) is 19.6 Å². The first-order chi connectivity index (χ1) is 11.4. The average molecular weight is 356 g/mol. The lowest BCUT2D eigenvalue weighted by atomic mass is 10.2. The molecule has 1 aromatic rings. The highest BCUT2D eigenvalue weighted by Crippen LogP contribution is 2.18. The highest BCUT2D eigenvalue weighted by atomic mass is 32.2. The number of benzene rings is 1. The Hall–Kier alpha value is -1.64. The van der Waals surface area contributed by atoms with E-state index in [-0.39, 0.29) is 23.5 Å². The minimum absolute atomic E-state index is 0.0296. The van der Waals surface area contributed by atoms with E-state index in [1.807, 2.05) is 6.92 Å². The van der Waals surface area contributed by atoms with Crippen LogP contribution < -0.4 is 10.1 Å². The maximum Gasteiger partial charge on any atom is 0.243 e. The van der Waals surface area contributed by atoms with Gasteiger partial charge in [0, 0.05) is 20.2 Å². The van der Waals surface area contributed by atoms with E-state index in [9.17, 15) is 13.2 Å². The number of nitrogens with zero attached hydrogens (tertiary/aromatic N) is 1. The Morgan fingerprint density at radius 1 is 1.38 bits per heavy atom. The van der Waals surface area contributed by atoms with Gasteiger partial charge in [-0.2, -0.15) is 4.31 Å². The number of hydrogen-bond donors (Lipinski definition) is 1. The normalized spacial score (nSPS) is 17.9. The van der Waals surface area contributed by atoms with Crippen LogP contribution in [0.15, 0.2) is 29.2 Å². The predicted molar refractivity (Wildman–Crippen MR) is 89.4 cm³/mol. The summed E-state index contributed by atoms with van der Waals surface area (Å²) in [7, 11) is -2.33. The van der Waals surface area contributed by atoms with Gasteiger partial charge in [-0.3, -0.25) is 4.79 Å². The molecule has 0 aliphatic carbocycles. The van der Waals surface area contributed by atoms with Crippen molar-refractivity contribution in [3.8, 4) is 5.75 Å². The van der Waals surface area contributed by atoms with Crippen LogP contribution in [0.1, 0.15) is 19.8 Å². The molecule has 134 valence electrons. The van der Waals surface area contributed by atoms with E-state index >= 15 is 0 Å². The highest BCUT2D eigenvalue weighted by Gasteiger charge is 2.23. The number of rotatable bonds is 8. The lowest BCUT2D eigenvalue weighted by molar-refractivity contribution is -0.121. The first kappa shape index (κ1) is 18.7. The number of likely N-dealkylation sites (N-methyl/N-ethyl adjacent to an activating group) is 1. The molecule has 1 aliphatic rings. The largest absolute Gasteiger partial charge is 0.494 e. The van der Waals surface area contributed by atoms with Crippen molar-refractivity contribution >= 4 is 15.9 Å². The zero-order chi connectivity index (χ0) is 17.6. The zero-order valence-corrected chi connectivity index (χ0v) is 14.8. The number of amides is 1. The second-order valence-corrected chi connectivity index (χ2v) is 7.65. The lowest BCUT2D eigenvalue weighted by Gasteiger charge is -2.18. The van der Waals surface area contributed by atoms with Crippen LogP contribution in [0.3, 0.4) is 0 Å². The van der Waals surface area contributed by atoms with Gasteiger partial charge < -0.3 is 14.8 Å². The molecule has 24 heavy (non-hydrogen) atoms. The molecule has 1 fully saturated rings. The van der Waals surface area contributed by atoms with E-state index in [4.69, 9.17) is 9.47 Å². The number of hydrogen-bond acceptors (Lipinski definition) is 5. The van der Waals surface area contributed by atoms with Crippen molar-refractivity contribution in [1.82, 2.24) is 9.62 Å². The molecule has 1 amide bonds. The molecule has 2 rings (SSSR count). The summed E-state index contributed by atoms with van der Waals surface area (Å²) in [6.45, 7) is 3.26. The number of carbonyl (C=O) groups is 1. The fourth-order valence-corrected chi connectivity index (χ4v) is 3.56. The van der Waals surface area contributed by atoms with Gasteiger partial charge in [0.1, 0.15) is 5.75 Å². The fraction of sp³-hybridized carbons (Fsp3) is 0.562. The van der Waals surface area contributed by atoms with Gasteiger partial charge in [-0.1, -0.05) is 0 Å². The Morgan fingerprint density at radius 3 is 2.67 bits per heavy atom. The summed E-state index contributed by atoms with van der Waals surface area (Å²) in [5.74, 6) is 0.260. The molecule has 1 saturated heterocycles. The van der Waals surface area contributed by atoms with Crippen LogP contribution in [-0.4, -0.2) is 58.1 Å². The molecule has 1 atom stereocenters. The summed E-state index contributed by atoms with van der Waals surface area (Å²) in [4.78, 5) is 12.1. The van der Waals surface area contributed by atoms with Crippen LogP contribution in [0, 0.1) is 0 Å². The van der Waals surface area contributed by atoms with E-state index < -0.39 is 10.0 Å². The van der Waals surface area contributed by atoms with Crippen molar-refractivity contribution in [2.75, 3.05) is 33.4 Å². The van der Waals surface area contributed by atoms with Crippen LogP contribution >= 0.6 is 0 Å². The van der Waals surface area contributed by atoms with E-state index in [1.165, 1.54) is 19.2 Å². The minimum atomic E-state index is -3.72. The Morgan fingerprint density at radius 2 is 2.08 bits per heavy atom. The summed E-state index contributed by atoms with van der Waals surface area (Å²) in [6.07, 6.45) is 1.94. The number of sulfonamides is 1. The monoisotopic (exact) mass is 356 g/mol. The number of carbonyl (C=O) groups excluding carboxylic acids is 1. The van der Waals surface area contributed by atoms with Gasteiger partial charge in [0.25, 0.3) is 0 Å². The first-order valence-corrected chi connectivity index (χ1v) is 9.45. The lowest BCUT2D eigenvalue weighted by Crippen LogP contribution is -2.40. The Labute approximate surface area is 143 Å². The summed E-state index contributed by atoms with van der Waals surface area (Å²) in [5.41, 5.74) is 0. The van der Waals surface area contributed by atoms with Gasteiger partial charge in [-0.05, 0) is 44.0 Å². The Balaban J connectivity index is 1.91. The molecule has 0 saturated carbocycles. The van der Waals surface area contributed by atoms with E-state index in [0.717, 1.165) is 17.1 Å². The third-order valence-electron chi connectivity index (χ3n) is 3.76.